The van der Waals surface area contributed by atoms with Gasteiger partial charge in [0.1, 0.15) is 0 Å². The summed E-state index contributed by atoms with van der Waals surface area (Å²) in [4.78, 5) is 12.2. The number of amides is 1. The van der Waals surface area contributed by atoms with E-state index in [1.807, 2.05) is 11.6 Å². The van der Waals surface area contributed by atoms with Crippen LogP contribution in [-0.4, -0.2) is 22.2 Å². The largest absolute Gasteiger partial charge is 0.352 e. The standard InChI is InChI=1S/C17H25N3O/c1-3-8-20-12(2)16(11-19-20)17(21)18-7-6-15-10-13-4-5-14(15)9-13/h4-5,11,13-15H,3,6-10H2,1-2H3,(H,18,21)/t13-,14+,15-/m1/s1. The van der Waals surface area contributed by atoms with Crippen LogP contribution >= 0.6 is 0 Å². The number of nitrogens with zero attached hydrogens (tertiary/aromatic N) is 2. The third-order valence-electron chi connectivity index (χ3n) is 5.00. The zero-order chi connectivity index (χ0) is 14.8. The van der Waals surface area contributed by atoms with Gasteiger partial charge in [-0.05, 0) is 50.4 Å². The molecule has 1 saturated carbocycles. The second kappa shape index (κ2) is 6.04. The third-order valence-corrected chi connectivity index (χ3v) is 5.00. The molecular formula is C17H25N3O. The van der Waals surface area contributed by atoms with Crippen molar-refractivity contribution in [3.8, 4) is 0 Å². The summed E-state index contributed by atoms with van der Waals surface area (Å²) >= 11 is 0. The van der Waals surface area contributed by atoms with Gasteiger partial charge in [0.15, 0.2) is 0 Å². The molecule has 1 heterocycles. The van der Waals surface area contributed by atoms with Gasteiger partial charge in [0.2, 0.25) is 0 Å². The molecule has 21 heavy (non-hydrogen) atoms. The predicted molar refractivity (Wildman–Crippen MR) is 83.0 cm³/mol. The quantitative estimate of drug-likeness (QED) is 0.818. The van der Waals surface area contributed by atoms with E-state index in [0.717, 1.165) is 54.9 Å². The van der Waals surface area contributed by atoms with Gasteiger partial charge in [-0.1, -0.05) is 19.1 Å². The van der Waals surface area contributed by atoms with Crippen molar-refractivity contribution in [1.29, 1.82) is 0 Å². The SMILES string of the molecule is CCCn1ncc(C(=O)NCC[C@@H]2C[C@@H]3C=C[C@H]2C3)c1C. The van der Waals surface area contributed by atoms with Crippen molar-refractivity contribution in [1.82, 2.24) is 15.1 Å². The Hall–Kier alpha value is -1.58. The van der Waals surface area contributed by atoms with E-state index in [-0.39, 0.29) is 5.91 Å². The fourth-order valence-electron chi connectivity index (χ4n) is 3.80. The zero-order valence-electron chi connectivity index (χ0n) is 13.0. The Kier molecular flexibility index (Phi) is 4.13. The van der Waals surface area contributed by atoms with Crippen molar-refractivity contribution < 1.29 is 4.79 Å². The minimum atomic E-state index is 0.0218. The fourth-order valence-corrected chi connectivity index (χ4v) is 3.80. The van der Waals surface area contributed by atoms with Crippen LogP contribution in [0.5, 0.6) is 0 Å². The zero-order valence-corrected chi connectivity index (χ0v) is 13.0. The summed E-state index contributed by atoms with van der Waals surface area (Å²) in [7, 11) is 0. The maximum atomic E-state index is 12.2. The van der Waals surface area contributed by atoms with Crippen molar-refractivity contribution in [3.05, 3.63) is 29.6 Å². The van der Waals surface area contributed by atoms with Crippen molar-refractivity contribution in [3.63, 3.8) is 0 Å². The Labute approximate surface area is 126 Å². The van der Waals surface area contributed by atoms with E-state index >= 15 is 0 Å². The Morgan fingerprint density at radius 3 is 2.95 bits per heavy atom. The first-order valence-electron chi connectivity index (χ1n) is 8.18. The summed E-state index contributed by atoms with van der Waals surface area (Å²) in [5.74, 6) is 2.36. The first-order valence-corrected chi connectivity index (χ1v) is 8.18. The number of aromatic nitrogens is 2. The molecule has 0 saturated heterocycles. The number of fused-ring (bicyclic) bond motifs is 2. The molecule has 1 fully saturated rings. The maximum Gasteiger partial charge on any atom is 0.254 e. The Balaban J connectivity index is 1.49. The molecule has 0 radical (unpaired) electrons. The normalized spacial score (nSPS) is 26.5. The second-order valence-corrected chi connectivity index (χ2v) is 6.45. The van der Waals surface area contributed by atoms with Crippen LogP contribution in [0.2, 0.25) is 0 Å². The molecule has 1 N–H and O–H groups in total. The highest BCUT2D eigenvalue weighted by Gasteiger charge is 2.34. The molecule has 0 aliphatic heterocycles. The van der Waals surface area contributed by atoms with E-state index in [2.05, 4.69) is 29.5 Å². The molecule has 1 aromatic heterocycles. The molecule has 4 nitrogen and oxygen atoms in total. The molecule has 0 unspecified atom stereocenters. The molecule has 2 aliphatic carbocycles. The molecule has 2 aliphatic rings. The van der Waals surface area contributed by atoms with Crippen LogP contribution < -0.4 is 5.32 Å². The Morgan fingerprint density at radius 2 is 2.29 bits per heavy atom. The van der Waals surface area contributed by atoms with Crippen LogP contribution in [0.4, 0.5) is 0 Å². The molecule has 0 aromatic carbocycles. The van der Waals surface area contributed by atoms with Crippen molar-refractivity contribution >= 4 is 5.91 Å². The molecule has 114 valence electrons. The molecule has 2 bridgehead atoms. The average Bonchev–Trinajstić information content (AvgIpc) is 3.16. The highest BCUT2D eigenvalue weighted by molar-refractivity contribution is 5.94. The van der Waals surface area contributed by atoms with Crippen molar-refractivity contribution in [2.45, 2.75) is 46.1 Å². The first-order chi connectivity index (χ1) is 10.2. The van der Waals surface area contributed by atoms with E-state index in [4.69, 9.17) is 0 Å². The van der Waals surface area contributed by atoms with Gasteiger partial charge >= 0.3 is 0 Å². The summed E-state index contributed by atoms with van der Waals surface area (Å²) in [6, 6.07) is 0. The minimum absolute atomic E-state index is 0.0218. The summed E-state index contributed by atoms with van der Waals surface area (Å²) in [5, 5.41) is 7.36. The van der Waals surface area contributed by atoms with Crippen molar-refractivity contribution in [2.24, 2.45) is 17.8 Å². The maximum absolute atomic E-state index is 12.2. The van der Waals surface area contributed by atoms with Gasteiger partial charge in [0.05, 0.1) is 11.8 Å². The van der Waals surface area contributed by atoms with Gasteiger partial charge < -0.3 is 5.32 Å². The van der Waals surface area contributed by atoms with Crippen LogP contribution in [0.25, 0.3) is 0 Å². The van der Waals surface area contributed by atoms with Gasteiger partial charge in [-0.2, -0.15) is 5.10 Å². The highest BCUT2D eigenvalue weighted by Crippen LogP contribution is 2.44. The highest BCUT2D eigenvalue weighted by atomic mass is 16.1. The van der Waals surface area contributed by atoms with E-state index in [9.17, 15) is 4.79 Å². The number of hydrogen-bond donors (Lipinski definition) is 1. The van der Waals surface area contributed by atoms with Gasteiger partial charge in [-0.3, -0.25) is 9.48 Å². The Morgan fingerprint density at radius 1 is 1.43 bits per heavy atom. The first kappa shape index (κ1) is 14.4. The number of carbonyl (C=O) groups is 1. The van der Waals surface area contributed by atoms with Crippen LogP contribution in [0.3, 0.4) is 0 Å². The van der Waals surface area contributed by atoms with Gasteiger partial charge in [0.25, 0.3) is 5.91 Å². The number of allylic oxidation sites excluding steroid dienone is 2. The van der Waals surface area contributed by atoms with Crippen LogP contribution in [0.15, 0.2) is 18.3 Å². The molecular weight excluding hydrogens is 262 g/mol. The number of aryl methyl sites for hydroxylation is 1. The molecule has 4 heteroatoms. The predicted octanol–water partition coefficient (Wildman–Crippen LogP) is 2.93. The van der Waals surface area contributed by atoms with Crippen LogP contribution in [-0.2, 0) is 6.54 Å². The number of hydrogen-bond acceptors (Lipinski definition) is 2. The van der Waals surface area contributed by atoms with E-state index in [1.165, 1.54) is 12.8 Å². The average molecular weight is 287 g/mol. The lowest BCUT2D eigenvalue weighted by atomic mass is 9.90. The molecule has 1 aromatic rings. The monoisotopic (exact) mass is 287 g/mol. The fraction of sp³-hybridized carbons (Fsp3) is 0.647. The molecule has 3 atom stereocenters. The van der Waals surface area contributed by atoms with E-state index in [1.54, 1.807) is 6.20 Å². The second-order valence-electron chi connectivity index (χ2n) is 6.45. The topological polar surface area (TPSA) is 46.9 Å². The van der Waals surface area contributed by atoms with Crippen LogP contribution in [0, 0.1) is 24.7 Å². The molecule has 0 spiro atoms. The van der Waals surface area contributed by atoms with Crippen LogP contribution in [0.1, 0.15) is 48.7 Å². The number of rotatable bonds is 6. The summed E-state index contributed by atoms with van der Waals surface area (Å²) in [6.45, 7) is 5.73. The summed E-state index contributed by atoms with van der Waals surface area (Å²) < 4.78 is 1.91. The third kappa shape index (κ3) is 2.89. The minimum Gasteiger partial charge on any atom is -0.352 e. The number of carbonyl (C=O) groups excluding carboxylic acids is 1. The lowest BCUT2D eigenvalue weighted by Gasteiger charge is -2.17. The summed E-state index contributed by atoms with van der Waals surface area (Å²) in [6.07, 6.45) is 11.2. The summed E-state index contributed by atoms with van der Waals surface area (Å²) in [5.41, 5.74) is 1.69. The van der Waals surface area contributed by atoms with Gasteiger partial charge in [-0.15, -0.1) is 0 Å². The van der Waals surface area contributed by atoms with E-state index < -0.39 is 0 Å². The van der Waals surface area contributed by atoms with Gasteiger partial charge in [-0.25, -0.2) is 0 Å². The molecule has 3 rings (SSSR count). The number of nitrogens with one attached hydrogen (secondary N) is 1. The van der Waals surface area contributed by atoms with Crippen molar-refractivity contribution in [2.75, 3.05) is 6.54 Å². The Bertz CT molecular complexity index is 546. The lowest BCUT2D eigenvalue weighted by Crippen LogP contribution is -2.27. The van der Waals surface area contributed by atoms with Gasteiger partial charge in [0, 0.05) is 18.8 Å². The van der Waals surface area contributed by atoms with E-state index in [0.29, 0.717) is 0 Å². The lowest BCUT2D eigenvalue weighted by molar-refractivity contribution is 0.0950. The smallest absolute Gasteiger partial charge is 0.254 e. The molecule has 1 amide bonds.